The third kappa shape index (κ3) is 7.81. The zero-order valence-corrected chi connectivity index (χ0v) is 23.7. The second-order valence-electron chi connectivity index (χ2n) is 8.29. The minimum Gasteiger partial charge on any atom is -0.388 e. The summed E-state index contributed by atoms with van der Waals surface area (Å²) in [6.45, 7) is 3.70. The molecule has 0 fully saturated rings. The SMILES string of the molecule is C=C(Br)C(=O)Nc1cc(C(=O)Nc2cc(C(=O)Nc3cc(C(=O)NCCC(=N)N)n(C)c3)n(C)c2)n(C)n1.Cl. The molecular weight excluding hydrogens is 596 g/mol. The van der Waals surface area contributed by atoms with Crippen LogP contribution < -0.4 is 27.0 Å². The Morgan fingerprint density at radius 2 is 1.44 bits per heavy atom. The van der Waals surface area contributed by atoms with Crippen LogP contribution in [-0.2, 0) is 25.9 Å². The summed E-state index contributed by atoms with van der Waals surface area (Å²) in [5, 5.41) is 21.9. The van der Waals surface area contributed by atoms with Gasteiger partial charge in [0.25, 0.3) is 23.6 Å². The van der Waals surface area contributed by atoms with Crippen LogP contribution in [0.3, 0.4) is 0 Å². The highest BCUT2D eigenvalue weighted by Crippen LogP contribution is 2.19. The molecule has 3 rings (SSSR count). The molecule has 0 spiro atoms. The lowest BCUT2D eigenvalue weighted by molar-refractivity contribution is -0.112. The largest absolute Gasteiger partial charge is 0.388 e. The summed E-state index contributed by atoms with van der Waals surface area (Å²) in [5.41, 5.74) is 6.80. The summed E-state index contributed by atoms with van der Waals surface area (Å²) in [6, 6.07) is 4.43. The normalized spacial score (nSPS) is 10.3. The number of aryl methyl sites for hydroxylation is 3. The van der Waals surface area contributed by atoms with Gasteiger partial charge in [-0.25, -0.2) is 0 Å². The number of anilines is 3. The molecule has 208 valence electrons. The van der Waals surface area contributed by atoms with Crippen molar-refractivity contribution in [3.63, 3.8) is 0 Å². The lowest BCUT2D eigenvalue weighted by Crippen LogP contribution is -2.28. The van der Waals surface area contributed by atoms with Crippen LogP contribution in [0.25, 0.3) is 0 Å². The third-order valence-corrected chi connectivity index (χ3v) is 5.63. The Morgan fingerprint density at radius 1 is 0.923 bits per heavy atom. The summed E-state index contributed by atoms with van der Waals surface area (Å²) in [6.07, 6.45) is 3.39. The smallest absolute Gasteiger partial charge is 0.274 e. The van der Waals surface area contributed by atoms with E-state index in [4.69, 9.17) is 11.1 Å². The van der Waals surface area contributed by atoms with Gasteiger partial charge in [0, 0.05) is 52.6 Å². The van der Waals surface area contributed by atoms with E-state index in [1.165, 1.54) is 22.9 Å². The summed E-state index contributed by atoms with van der Waals surface area (Å²) >= 11 is 2.98. The van der Waals surface area contributed by atoms with Crippen LogP contribution in [0.5, 0.6) is 0 Å². The number of carbonyl (C=O) groups excluding carboxylic acids is 4. The molecule has 0 aliphatic rings. The fourth-order valence-corrected chi connectivity index (χ4v) is 3.53. The maximum Gasteiger partial charge on any atom is 0.274 e. The Hall–Kier alpha value is -4.37. The molecule has 3 heterocycles. The number of hydrogen-bond donors (Lipinski definition) is 6. The lowest BCUT2D eigenvalue weighted by Gasteiger charge is -2.04. The maximum absolute atomic E-state index is 12.9. The van der Waals surface area contributed by atoms with E-state index in [1.54, 1.807) is 42.7 Å². The standard InChI is InChI=1S/C23H27BrN10O4.ClH/c1-12(24)20(35)30-19-9-17(34(4)31-19)23(38)29-14-8-16(33(3)11-14)22(37)28-13-7-15(32(2)10-13)21(36)27-6-5-18(25)26;/h7-11H,1,5-6H2,2-4H3,(H3,25,26)(H,27,36)(H,28,37)(H,29,38)(H,30,31,35);1H. The van der Waals surface area contributed by atoms with Crippen molar-refractivity contribution < 1.29 is 19.2 Å². The van der Waals surface area contributed by atoms with E-state index in [2.05, 4.69) is 48.9 Å². The quantitative estimate of drug-likeness (QED) is 0.113. The highest BCUT2D eigenvalue weighted by atomic mass is 79.9. The Labute approximate surface area is 238 Å². The molecule has 0 saturated heterocycles. The van der Waals surface area contributed by atoms with E-state index in [1.807, 2.05) is 0 Å². The van der Waals surface area contributed by atoms with E-state index in [-0.39, 0.29) is 58.8 Å². The zero-order chi connectivity index (χ0) is 28.1. The van der Waals surface area contributed by atoms with Crippen LogP contribution in [0.15, 0.2) is 41.7 Å². The van der Waals surface area contributed by atoms with E-state index < -0.39 is 17.7 Å². The maximum atomic E-state index is 12.9. The van der Waals surface area contributed by atoms with Gasteiger partial charge in [0.15, 0.2) is 5.82 Å². The summed E-state index contributed by atoms with van der Waals surface area (Å²) in [5.74, 6) is -1.67. The first-order chi connectivity index (χ1) is 17.8. The van der Waals surface area contributed by atoms with Gasteiger partial charge < -0.3 is 36.1 Å². The fourth-order valence-electron chi connectivity index (χ4n) is 3.43. The Balaban J connectivity index is 0.00000533. The molecule has 0 bridgehead atoms. The van der Waals surface area contributed by atoms with Gasteiger partial charge in [-0.05, 0) is 28.1 Å². The Morgan fingerprint density at radius 3 is 1.95 bits per heavy atom. The molecule has 14 nitrogen and oxygen atoms in total. The van der Waals surface area contributed by atoms with E-state index >= 15 is 0 Å². The number of amidine groups is 1. The molecule has 39 heavy (non-hydrogen) atoms. The summed E-state index contributed by atoms with van der Waals surface area (Å²) in [4.78, 5) is 49.8. The molecule has 0 aliphatic heterocycles. The minimum atomic E-state index is -0.501. The molecule has 16 heteroatoms. The van der Waals surface area contributed by atoms with Crippen LogP contribution in [0.1, 0.15) is 37.9 Å². The lowest BCUT2D eigenvalue weighted by atomic mass is 10.3. The van der Waals surface area contributed by atoms with Gasteiger partial charge in [0.05, 0.1) is 21.7 Å². The van der Waals surface area contributed by atoms with Crippen LogP contribution >= 0.6 is 28.3 Å². The van der Waals surface area contributed by atoms with Crippen molar-refractivity contribution in [2.24, 2.45) is 26.9 Å². The van der Waals surface area contributed by atoms with Crippen LogP contribution in [0.4, 0.5) is 17.2 Å². The Kier molecular flexibility index (Phi) is 10.2. The van der Waals surface area contributed by atoms with E-state index in [0.29, 0.717) is 17.1 Å². The predicted octanol–water partition coefficient (Wildman–Crippen LogP) is 1.93. The van der Waals surface area contributed by atoms with Crippen molar-refractivity contribution in [2.75, 3.05) is 22.5 Å². The topological polar surface area (TPSA) is 194 Å². The van der Waals surface area contributed by atoms with Crippen molar-refractivity contribution in [3.05, 3.63) is 58.7 Å². The molecule has 0 radical (unpaired) electrons. The van der Waals surface area contributed by atoms with Gasteiger partial charge in [-0.3, -0.25) is 29.3 Å². The average molecular weight is 624 g/mol. The number of nitrogens with one attached hydrogen (secondary N) is 5. The van der Waals surface area contributed by atoms with E-state index in [0.717, 1.165) is 0 Å². The van der Waals surface area contributed by atoms with Gasteiger partial charge >= 0.3 is 0 Å². The number of aromatic nitrogens is 4. The van der Waals surface area contributed by atoms with Gasteiger partial charge in [0.2, 0.25) is 0 Å². The number of hydrogen-bond acceptors (Lipinski definition) is 6. The minimum absolute atomic E-state index is 0. The van der Waals surface area contributed by atoms with Crippen molar-refractivity contribution in [1.29, 1.82) is 5.41 Å². The Bertz CT molecular complexity index is 1450. The molecule has 0 aliphatic carbocycles. The molecule has 0 saturated carbocycles. The molecule has 3 aromatic rings. The zero-order valence-electron chi connectivity index (χ0n) is 21.3. The second kappa shape index (κ2) is 12.9. The number of rotatable bonds is 10. The molecule has 0 unspecified atom stereocenters. The first-order valence-corrected chi connectivity index (χ1v) is 11.9. The molecule has 7 N–H and O–H groups in total. The first-order valence-electron chi connectivity index (χ1n) is 11.1. The van der Waals surface area contributed by atoms with Crippen molar-refractivity contribution in [2.45, 2.75) is 6.42 Å². The average Bonchev–Trinajstić information content (AvgIpc) is 3.49. The monoisotopic (exact) mass is 622 g/mol. The number of carbonyl (C=O) groups is 4. The molecule has 0 atom stereocenters. The number of amides is 4. The van der Waals surface area contributed by atoms with Crippen LogP contribution in [-0.4, -0.2) is 54.9 Å². The molecule has 0 aromatic carbocycles. The number of nitrogens with zero attached hydrogens (tertiary/aromatic N) is 4. The number of halogens is 2. The fraction of sp³-hybridized carbons (Fsp3) is 0.217. The highest BCUT2D eigenvalue weighted by molar-refractivity contribution is 9.12. The van der Waals surface area contributed by atoms with E-state index in [9.17, 15) is 19.2 Å². The first kappa shape index (κ1) is 30.9. The van der Waals surface area contributed by atoms with Crippen molar-refractivity contribution in [1.82, 2.24) is 24.2 Å². The molecular formula is C23H28BrClN10O4. The molecule has 3 aromatic heterocycles. The van der Waals surface area contributed by atoms with Gasteiger partial charge in [-0.1, -0.05) is 6.58 Å². The predicted molar refractivity (Wildman–Crippen MR) is 153 cm³/mol. The highest BCUT2D eigenvalue weighted by Gasteiger charge is 2.19. The summed E-state index contributed by atoms with van der Waals surface area (Å²) < 4.78 is 4.53. The second-order valence-corrected chi connectivity index (χ2v) is 9.24. The van der Waals surface area contributed by atoms with Crippen LogP contribution in [0, 0.1) is 5.41 Å². The van der Waals surface area contributed by atoms with Gasteiger partial charge in [0.1, 0.15) is 17.1 Å². The summed E-state index contributed by atoms with van der Waals surface area (Å²) in [7, 11) is 4.86. The molecule has 4 amide bonds. The third-order valence-electron chi connectivity index (χ3n) is 5.27. The van der Waals surface area contributed by atoms with Crippen LogP contribution in [0.2, 0.25) is 0 Å². The number of nitrogens with two attached hydrogens (primary N) is 1. The van der Waals surface area contributed by atoms with Gasteiger partial charge in [-0.15, -0.1) is 12.4 Å². The van der Waals surface area contributed by atoms with Gasteiger partial charge in [-0.2, -0.15) is 5.10 Å². The van der Waals surface area contributed by atoms with Crippen molar-refractivity contribution in [3.8, 4) is 0 Å². The van der Waals surface area contributed by atoms with Crippen molar-refractivity contribution >= 4 is 75.0 Å².